The first-order chi connectivity index (χ1) is 7.97. The Balaban J connectivity index is 2.88. The molecule has 0 aliphatic heterocycles. The number of amides is 1. The van der Waals surface area contributed by atoms with Crippen LogP contribution in [0.25, 0.3) is 0 Å². The van der Waals surface area contributed by atoms with Gasteiger partial charge >= 0.3 is 0 Å². The number of nitrogens with two attached hydrogens (primary N) is 1. The molecule has 1 atom stereocenters. The molecule has 0 aliphatic carbocycles. The van der Waals surface area contributed by atoms with Crippen molar-refractivity contribution < 1.29 is 4.79 Å². The Morgan fingerprint density at radius 2 is 2.24 bits per heavy atom. The van der Waals surface area contributed by atoms with Crippen LogP contribution in [0.15, 0.2) is 22.7 Å². The number of benzene rings is 1. The molecule has 1 aromatic carbocycles. The predicted molar refractivity (Wildman–Crippen MR) is 78.1 cm³/mol. The van der Waals surface area contributed by atoms with Crippen LogP contribution in [0.1, 0.15) is 18.9 Å². The number of halogens is 1. The van der Waals surface area contributed by atoms with Gasteiger partial charge in [0.15, 0.2) is 0 Å². The molecule has 1 rings (SSSR count). The summed E-state index contributed by atoms with van der Waals surface area (Å²) in [6.07, 6.45) is 0.605. The molecule has 17 heavy (non-hydrogen) atoms. The fraction of sp³-hybridized carbons (Fsp3) is 0.333. The van der Waals surface area contributed by atoms with Gasteiger partial charge in [-0.15, -0.1) is 0 Å². The second-order valence-electron chi connectivity index (χ2n) is 3.76. The van der Waals surface area contributed by atoms with E-state index in [-0.39, 0.29) is 10.9 Å². The van der Waals surface area contributed by atoms with E-state index in [9.17, 15) is 4.79 Å². The number of hydrogen-bond donors (Lipinski definition) is 2. The maximum atomic E-state index is 12.0. The lowest BCUT2D eigenvalue weighted by Gasteiger charge is -2.15. The molecule has 0 heterocycles. The van der Waals surface area contributed by atoms with Gasteiger partial charge in [0.05, 0.1) is 10.9 Å². The Kier molecular flexibility index (Phi) is 5.08. The summed E-state index contributed by atoms with van der Waals surface area (Å²) < 4.78 is 0.957. The van der Waals surface area contributed by atoms with E-state index in [0.717, 1.165) is 15.7 Å². The molecule has 0 saturated carbocycles. The second-order valence-corrected chi connectivity index (χ2v) is 5.09. The number of thiocarbonyl (C=S) groups is 1. The van der Waals surface area contributed by atoms with Crippen molar-refractivity contribution in [3.63, 3.8) is 0 Å². The summed E-state index contributed by atoms with van der Waals surface area (Å²) >= 11 is 8.29. The maximum Gasteiger partial charge on any atom is 0.234 e. The molecule has 0 fully saturated rings. The van der Waals surface area contributed by atoms with Gasteiger partial charge in [0, 0.05) is 10.2 Å². The normalized spacial score (nSPS) is 11.9. The lowest BCUT2D eigenvalue weighted by molar-refractivity contribution is -0.118. The summed E-state index contributed by atoms with van der Waals surface area (Å²) in [4.78, 5) is 12.2. The predicted octanol–water partition coefficient (Wildman–Crippen LogP) is 3.01. The highest BCUT2D eigenvalue weighted by Gasteiger charge is 2.19. The Bertz CT molecular complexity index is 448. The Morgan fingerprint density at radius 1 is 1.59 bits per heavy atom. The van der Waals surface area contributed by atoms with E-state index in [0.29, 0.717) is 6.42 Å². The van der Waals surface area contributed by atoms with Crippen LogP contribution in [0.3, 0.4) is 0 Å². The van der Waals surface area contributed by atoms with Crippen LogP contribution in [0.4, 0.5) is 5.69 Å². The minimum atomic E-state index is -0.414. The van der Waals surface area contributed by atoms with E-state index in [4.69, 9.17) is 18.0 Å². The van der Waals surface area contributed by atoms with Gasteiger partial charge in [0.1, 0.15) is 0 Å². The molecule has 0 aromatic heterocycles. The van der Waals surface area contributed by atoms with Gasteiger partial charge in [-0.1, -0.05) is 41.1 Å². The SMILES string of the molecule is CCC(C(=O)Nc1cccc(Br)c1C)C(N)=S. The van der Waals surface area contributed by atoms with Crippen LogP contribution in [0.2, 0.25) is 0 Å². The van der Waals surface area contributed by atoms with Crippen molar-refractivity contribution in [3.05, 3.63) is 28.2 Å². The quantitative estimate of drug-likeness (QED) is 0.840. The van der Waals surface area contributed by atoms with Crippen LogP contribution >= 0.6 is 28.1 Å². The molecule has 3 nitrogen and oxygen atoms in total. The summed E-state index contributed by atoms with van der Waals surface area (Å²) in [7, 11) is 0. The van der Waals surface area contributed by atoms with Crippen molar-refractivity contribution in [3.8, 4) is 0 Å². The van der Waals surface area contributed by atoms with Crippen molar-refractivity contribution in [2.45, 2.75) is 20.3 Å². The second kappa shape index (κ2) is 6.12. The number of hydrogen-bond acceptors (Lipinski definition) is 2. The van der Waals surface area contributed by atoms with Crippen LogP contribution in [-0.4, -0.2) is 10.9 Å². The van der Waals surface area contributed by atoms with Crippen LogP contribution in [0, 0.1) is 12.8 Å². The van der Waals surface area contributed by atoms with Crippen LogP contribution in [0.5, 0.6) is 0 Å². The van der Waals surface area contributed by atoms with Crippen molar-refractivity contribution in [1.29, 1.82) is 0 Å². The van der Waals surface area contributed by atoms with Crippen molar-refractivity contribution in [1.82, 2.24) is 0 Å². The molecule has 1 unspecified atom stereocenters. The average Bonchev–Trinajstić information content (AvgIpc) is 2.25. The maximum absolute atomic E-state index is 12.0. The molecule has 3 N–H and O–H groups in total. The Morgan fingerprint density at radius 3 is 2.76 bits per heavy atom. The Labute approximate surface area is 115 Å². The first kappa shape index (κ1) is 14.1. The third-order valence-corrected chi connectivity index (χ3v) is 3.74. The number of carbonyl (C=O) groups is 1. The van der Waals surface area contributed by atoms with E-state index in [2.05, 4.69) is 21.2 Å². The van der Waals surface area contributed by atoms with E-state index < -0.39 is 5.92 Å². The van der Waals surface area contributed by atoms with E-state index >= 15 is 0 Å². The third-order valence-electron chi connectivity index (χ3n) is 2.59. The average molecular weight is 315 g/mol. The van der Waals surface area contributed by atoms with Gasteiger partial charge in [-0.3, -0.25) is 4.79 Å². The van der Waals surface area contributed by atoms with Crippen LogP contribution < -0.4 is 11.1 Å². The lowest BCUT2D eigenvalue weighted by Crippen LogP contribution is -2.32. The van der Waals surface area contributed by atoms with E-state index in [1.54, 1.807) is 0 Å². The molecule has 0 bridgehead atoms. The number of carbonyl (C=O) groups excluding carboxylic acids is 1. The summed E-state index contributed by atoms with van der Waals surface area (Å²) in [5.74, 6) is -0.565. The monoisotopic (exact) mass is 314 g/mol. The molecule has 0 spiro atoms. The molecule has 5 heteroatoms. The molecular weight excluding hydrogens is 300 g/mol. The van der Waals surface area contributed by atoms with Gasteiger partial charge in [-0.2, -0.15) is 0 Å². The summed E-state index contributed by atoms with van der Waals surface area (Å²) in [6.45, 7) is 3.82. The minimum Gasteiger partial charge on any atom is -0.393 e. The Hall–Kier alpha value is -0.940. The summed E-state index contributed by atoms with van der Waals surface area (Å²) in [5, 5.41) is 2.85. The molecular formula is C12H15BrN2OS. The first-order valence-corrected chi connectivity index (χ1v) is 6.52. The van der Waals surface area contributed by atoms with Gasteiger partial charge in [-0.05, 0) is 31.0 Å². The van der Waals surface area contributed by atoms with E-state index in [1.807, 2.05) is 32.0 Å². The van der Waals surface area contributed by atoms with E-state index in [1.165, 1.54) is 0 Å². The zero-order chi connectivity index (χ0) is 13.0. The molecule has 0 aliphatic rings. The van der Waals surface area contributed by atoms with Gasteiger partial charge in [-0.25, -0.2) is 0 Å². The zero-order valence-electron chi connectivity index (χ0n) is 9.79. The van der Waals surface area contributed by atoms with Crippen molar-refractivity contribution in [2.24, 2.45) is 11.7 Å². The lowest BCUT2D eigenvalue weighted by atomic mass is 10.1. The number of anilines is 1. The largest absolute Gasteiger partial charge is 0.393 e. The summed E-state index contributed by atoms with van der Waals surface area (Å²) in [5.41, 5.74) is 7.29. The molecule has 1 aromatic rings. The first-order valence-electron chi connectivity index (χ1n) is 5.32. The van der Waals surface area contributed by atoms with Gasteiger partial charge < -0.3 is 11.1 Å². The summed E-state index contributed by atoms with van der Waals surface area (Å²) in [6, 6.07) is 5.65. The standard InChI is InChI=1S/C12H15BrN2OS/c1-3-8(11(14)17)12(16)15-10-6-4-5-9(13)7(10)2/h4-6,8H,3H2,1-2H3,(H2,14,17)(H,15,16). The molecule has 0 radical (unpaired) electrons. The third kappa shape index (κ3) is 3.51. The topological polar surface area (TPSA) is 55.1 Å². The highest BCUT2D eigenvalue weighted by atomic mass is 79.9. The fourth-order valence-corrected chi connectivity index (χ4v) is 2.12. The van der Waals surface area contributed by atoms with Crippen molar-refractivity contribution >= 4 is 44.7 Å². The number of rotatable bonds is 4. The minimum absolute atomic E-state index is 0.152. The molecule has 1 amide bonds. The highest BCUT2D eigenvalue weighted by molar-refractivity contribution is 9.10. The molecule has 0 saturated heterocycles. The van der Waals surface area contributed by atoms with Crippen LogP contribution in [-0.2, 0) is 4.79 Å². The van der Waals surface area contributed by atoms with Crippen molar-refractivity contribution in [2.75, 3.05) is 5.32 Å². The zero-order valence-corrected chi connectivity index (χ0v) is 12.2. The number of nitrogens with one attached hydrogen (secondary N) is 1. The smallest absolute Gasteiger partial charge is 0.234 e. The highest BCUT2D eigenvalue weighted by Crippen LogP contribution is 2.24. The van der Waals surface area contributed by atoms with Gasteiger partial charge in [0.2, 0.25) is 5.91 Å². The fourth-order valence-electron chi connectivity index (χ4n) is 1.48. The molecule has 92 valence electrons. The van der Waals surface area contributed by atoms with Gasteiger partial charge in [0.25, 0.3) is 0 Å².